The number of hydrogen-bond donors (Lipinski definition) is 1. The summed E-state index contributed by atoms with van der Waals surface area (Å²) in [6.45, 7) is 4.00. The maximum absolute atomic E-state index is 4.92. The molecule has 2 rings (SSSR count). The van der Waals surface area contributed by atoms with Crippen molar-refractivity contribution in [1.29, 1.82) is 0 Å². The van der Waals surface area contributed by atoms with Gasteiger partial charge >= 0.3 is 0 Å². The van der Waals surface area contributed by atoms with Gasteiger partial charge in [-0.3, -0.25) is 4.98 Å². The lowest BCUT2D eigenvalue weighted by atomic mass is 10.3. The Bertz CT molecular complexity index is 434. The zero-order valence-corrected chi connectivity index (χ0v) is 8.56. The largest absolute Gasteiger partial charge is 0.344 e. The van der Waals surface area contributed by atoms with Gasteiger partial charge in [0.2, 0.25) is 0 Å². The predicted molar refractivity (Wildman–Crippen MR) is 58.3 cm³/mol. The molecule has 68 valence electrons. The quantitative estimate of drug-likeness (QED) is 0.649. The zero-order valence-electron chi connectivity index (χ0n) is 7.74. The number of H-pyrrole nitrogens is 1. The molecule has 0 aliphatic rings. The summed E-state index contributed by atoms with van der Waals surface area (Å²) >= 11 is 4.92. The molecule has 0 radical (unpaired) electrons. The van der Waals surface area contributed by atoms with Crippen LogP contribution in [0.5, 0.6) is 0 Å². The highest BCUT2D eigenvalue weighted by atomic mass is 32.1. The molecule has 1 heterocycles. The van der Waals surface area contributed by atoms with Gasteiger partial charge in [-0.1, -0.05) is 38.2 Å². The van der Waals surface area contributed by atoms with Gasteiger partial charge in [-0.15, -0.1) is 0 Å². The fourth-order valence-corrected chi connectivity index (χ4v) is 1.15. The molecule has 1 aromatic carbocycles. The molecule has 2 nitrogen and oxygen atoms in total. The third kappa shape index (κ3) is 2.36. The predicted octanol–water partition coefficient (Wildman–Crippen LogP) is 3.32. The molecule has 3 heteroatoms. The maximum atomic E-state index is 4.92. The smallest absolute Gasteiger partial charge is 0.122 e. The van der Waals surface area contributed by atoms with Crippen molar-refractivity contribution >= 4 is 23.3 Å². The van der Waals surface area contributed by atoms with Gasteiger partial charge in [0.25, 0.3) is 0 Å². The lowest BCUT2D eigenvalue weighted by Gasteiger charge is -1.93. The minimum atomic E-state index is 0.670. The number of nitrogens with one attached hydrogen (secondary N) is 1. The third-order valence-corrected chi connectivity index (χ3v) is 1.69. The van der Waals surface area contributed by atoms with E-state index < -0.39 is 0 Å². The lowest BCUT2D eigenvalue weighted by Crippen LogP contribution is -1.81. The molecule has 0 saturated carbocycles. The van der Waals surface area contributed by atoms with Crippen molar-refractivity contribution in [2.45, 2.75) is 13.8 Å². The van der Waals surface area contributed by atoms with E-state index in [0.29, 0.717) is 4.64 Å². The number of fused-ring (bicyclic) bond motifs is 1. The molecule has 0 fully saturated rings. The molecule has 2 aromatic rings. The van der Waals surface area contributed by atoms with Crippen LogP contribution >= 0.6 is 12.2 Å². The van der Waals surface area contributed by atoms with Crippen molar-refractivity contribution in [2.24, 2.45) is 0 Å². The highest BCUT2D eigenvalue weighted by molar-refractivity contribution is 7.71. The molecular formula is C10H12N2S. The monoisotopic (exact) mass is 192 g/mol. The van der Waals surface area contributed by atoms with E-state index in [1.807, 2.05) is 38.1 Å². The average Bonchev–Trinajstić information content (AvgIpc) is 2.21. The first-order valence-corrected chi connectivity index (χ1v) is 4.71. The molecule has 0 atom stereocenters. The van der Waals surface area contributed by atoms with E-state index in [0.717, 1.165) is 11.0 Å². The Kier molecular flexibility index (Phi) is 3.58. The molecule has 13 heavy (non-hydrogen) atoms. The van der Waals surface area contributed by atoms with E-state index in [9.17, 15) is 0 Å². The van der Waals surface area contributed by atoms with Gasteiger partial charge < -0.3 is 4.98 Å². The highest BCUT2D eigenvalue weighted by Gasteiger charge is 1.89. The minimum absolute atomic E-state index is 0.670. The van der Waals surface area contributed by atoms with E-state index in [-0.39, 0.29) is 0 Å². The number of benzene rings is 1. The van der Waals surface area contributed by atoms with Crippen molar-refractivity contribution in [2.75, 3.05) is 0 Å². The summed E-state index contributed by atoms with van der Waals surface area (Å²) in [7, 11) is 0. The fourth-order valence-electron chi connectivity index (χ4n) is 0.985. The molecule has 0 bridgehead atoms. The Morgan fingerprint density at radius 3 is 2.69 bits per heavy atom. The van der Waals surface area contributed by atoms with Crippen molar-refractivity contribution in [3.63, 3.8) is 0 Å². The minimum Gasteiger partial charge on any atom is -0.344 e. The van der Waals surface area contributed by atoms with Gasteiger partial charge in [0.05, 0.1) is 17.2 Å². The van der Waals surface area contributed by atoms with Crippen LogP contribution in [0, 0.1) is 4.64 Å². The van der Waals surface area contributed by atoms with Gasteiger partial charge in [0, 0.05) is 0 Å². The summed E-state index contributed by atoms with van der Waals surface area (Å²) in [4.78, 5) is 7.19. The van der Waals surface area contributed by atoms with Crippen LogP contribution in [-0.4, -0.2) is 9.97 Å². The number of aromatic nitrogens is 2. The summed E-state index contributed by atoms with van der Waals surface area (Å²) in [6.07, 6.45) is 1.65. The number of aromatic amines is 1. The van der Waals surface area contributed by atoms with Crippen molar-refractivity contribution < 1.29 is 0 Å². The number of nitrogens with zero attached hydrogens (tertiary/aromatic N) is 1. The number of para-hydroxylation sites is 2. The second kappa shape index (κ2) is 4.72. The van der Waals surface area contributed by atoms with Gasteiger partial charge in [-0.2, -0.15) is 0 Å². The summed E-state index contributed by atoms with van der Waals surface area (Å²) in [5.41, 5.74) is 1.93. The Hall–Kier alpha value is -1.22. The van der Waals surface area contributed by atoms with E-state index in [4.69, 9.17) is 12.2 Å². The van der Waals surface area contributed by atoms with Gasteiger partial charge in [-0.25, -0.2) is 0 Å². The van der Waals surface area contributed by atoms with Crippen LogP contribution in [0.4, 0.5) is 0 Å². The molecule has 1 N–H and O–H groups in total. The van der Waals surface area contributed by atoms with Crippen LogP contribution in [-0.2, 0) is 0 Å². The molecular weight excluding hydrogens is 180 g/mol. The van der Waals surface area contributed by atoms with Crippen LogP contribution in [0.1, 0.15) is 13.8 Å². The van der Waals surface area contributed by atoms with E-state index in [2.05, 4.69) is 9.97 Å². The Labute approximate surface area is 82.6 Å². The van der Waals surface area contributed by atoms with Gasteiger partial charge in [-0.05, 0) is 12.1 Å². The molecule has 0 saturated heterocycles. The van der Waals surface area contributed by atoms with Crippen LogP contribution in [0.25, 0.3) is 11.0 Å². The van der Waals surface area contributed by atoms with E-state index in [1.54, 1.807) is 6.20 Å². The van der Waals surface area contributed by atoms with Crippen molar-refractivity contribution in [3.8, 4) is 0 Å². The second-order valence-electron chi connectivity index (χ2n) is 2.26. The number of rotatable bonds is 0. The zero-order chi connectivity index (χ0) is 9.68. The van der Waals surface area contributed by atoms with E-state index >= 15 is 0 Å². The first-order valence-electron chi connectivity index (χ1n) is 4.30. The number of hydrogen-bond acceptors (Lipinski definition) is 2. The summed E-state index contributed by atoms with van der Waals surface area (Å²) in [5.74, 6) is 0. The van der Waals surface area contributed by atoms with E-state index in [1.165, 1.54) is 0 Å². The van der Waals surface area contributed by atoms with Crippen LogP contribution < -0.4 is 0 Å². The highest BCUT2D eigenvalue weighted by Crippen LogP contribution is 2.05. The Morgan fingerprint density at radius 1 is 1.23 bits per heavy atom. The molecule has 0 spiro atoms. The summed E-state index contributed by atoms with van der Waals surface area (Å²) in [5, 5.41) is 0. The second-order valence-corrected chi connectivity index (χ2v) is 2.70. The lowest BCUT2D eigenvalue weighted by molar-refractivity contribution is 1.27. The van der Waals surface area contributed by atoms with Crippen molar-refractivity contribution in [1.82, 2.24) is 9.97 Å². The first kappa shape index (κ1) is 9.86. The van der Waals surface area contributed by atoms with Crippen LogP contribution in [0.3, 0.4) is 0 Å². The van der Waals surface area contributed by atoms with Crippen molar-refractivity contribution in [3.05, 3.63) is 35.1 Å². The Balaban J connectivity index is 0.000000396. The maximum Gasteiger partial charge on any atom is 0.122 e. The summed E-state index contributed by atoms with van der Waals surface area (Å²) in [6, 6.07) is 7.81. The normalized spacial score (nSPS) is 9.08. The topological polar surface area (TPSA) is 28.7 Å². The fraction of sp³-hybridized carbons (Fsp3) is 0.200. The molecule has 0 aliphatic carbocycles. The molecule has 0 aliphatic heterocycles. The molecule has 0 amide bonds. The van der Waals surface area contributed by atoms with Crippen LogP contribution in [0.2, 0.25) is 0 Å². The average molecular weight is 192 g/mol. The molecule has 1 aromatic heterocycles. The third-order valence-electron chi connectivity index (χ3n) is 1.48. The Morgan fingerprint density at radius 2 is 1.92 bits per heavy atom. The molecule has 0 unspecified atom stereocenters. The first-order chi connectivity index (χ1) is 6.36. The summed E-state index contributed by atoms with van der Waals surface area (Å²) < 4.78 is 0.670. The van der Waals surface area contributed by atoms with Crippen LogP contribution in [0.15, 0.2) is 30.5 Å². The van der Waals surface area contributed by atoms with Gasteiger partial charge in [0.15, 0.2) is 0 Å². The SMILES string of the molecule is CC.S=c1cnc2ccccc2[nH]1. The standard InChI is InChI=1S/C8H6N2S.C2H6/c11-8-5-9-6-3-1-2-4-7(6)10-8;1-2/h1-5H,(H,10,11);1-2H3. The van der Waals surface area contributed by atoms with Gasteiger partial charge in [0.1, 0.15) is 4.64 Å².